The van der Waals surface area contributed by atoms with Gasteiger partial charge < -0.3 is 4.90 Å². The average Bonchev–Trinajstić information content (AvgIpc) is 3.11. The number of carbonyl (C=O) groups excluding carboxylic acids is 3. The highest BCUT2D eigenvalue weighted by molar-refractivity contribution is 6.31. The fraction of sp³-hybridized carbons (Fsp3) is 0.483. The van der Waals surface area contributed by atoms with Crippen molar-refractivity contribution >= 4 is 35.0 Å². The molecular weight excluding hydrogens is 460 g/mol. The van der Waals surface area contributed by atoms with E-state index in [-0.39, 0.29) is 30.7 Å². The Morgan fingerprint density at radius 1 is 0.971 bits per heavy atom. The van der Waals surface area contributed by atoms with E-state index in [0.29, 0.717) is 28.5 Å². The Balaban J connectivity index is 1.36. The lowest BCUT2D eigenvalue weighted by Gasteiger charge is -2.57. The van der Waals surface area contributed by atoms with Crippen LogP contribution in [0.4, 0.5) is 5.69 Å². The molecule has 1 atom stereocenters. The SMILES string of the molecule is Cc1ccc(N2C(=O)CC(N(Cc3ccccc3Cl)C(=O)C34CC5CC(CC(C5)C3)C4)C2=O)cc1. The first-order chi connectivity index (χ1) is 16.8. The summed E-state index contributed by atoms with van der Waals surface area (Å²) in [6, 6.07) is 14.1. The third-order valence-electron chi connectivity index (χ3n) is 8.84. The number of aryl methyl sites for hydroxylation is 1. The molecule has 4 aliphatic carbocycles. The fourth-order valence-corrected chi connectivity index (χ4v) is 7.83. The lowest BCUT2D eigenvalue weighted by Crippen LogP contribution is -2.57. The van der Waals surface area contributed by atoms with Crippen molar-refractivity contribution in [1.29, 1.82) is 0 Å². The van der Waals surface area contributed by atoms with Crippen LogP contribution in [0, 0.1) is 30.1 Å². The second-order valence-corrected chi connectivity index (χ2v) is 11.8. The van der Waals surface area contributed by atoms with Crippen LogP contribution in [0.3, 0.4) is 0 Å². The van der Waals surface area contributed by atoms with E-state index in [4.69, 9.17) is 11.6 Å². The molecule has 0 radical (unpaired) electrons. The largest absolute Gasteiger partial charge is 0.325 e. The molecule has 5 fully saturated rings. The number of benzene rings is 2. The van der Waals surface area contributed by atoms with Gasteiger partial charge in [0.2, 0.25) is 11.8 Å². The van der Waals surface area contributed by atoms with Crippen LogP contribution in [0.2, 0.25) is 5.02 Å². The fourth-order valence-electron chi connectivity index (χ4n) is 7.64. The molecule has 182 valence electrons. The number of hydrogen-bond donors (Lipinski definition) is 0. The maximum absolute atomic E-state index is 14.4. The normalized spacial score (nSPS) is 31.3. The topological polar surface area (TPSA) is 57.7 Å². The number of hydrogen-bond acceptors (Lipinski definition) is 3. The maximum Gasteiger partial charge on any atom is 0.257 e. The Kier molecular flexibility index (Phi) is 5.52. The summed E-state index contributed by atoms with van der Waals surface area (Å²) >= 11 is 6.50. The van der Waals surface area contributed by atoms with Gasteiger partial charge in [-0.2, -0.15) is 0 Å². The van der Waals surface area contributed by atoms with Gasteiger partial charge >= 0.3 is 0 Å². The molecule has 2 aromatic rings. The molecule has 4 bridgehead atoms. The van der Waals surface area contributed by atoms with E-state index in [1.165, 1.54) is 24.2 Å². The summed E-state index contributed by atoms with van der Waals surface area (Å²) in [7, 11) is 0. The van der Waals surface area contributed by atoms with Crippen LogP contribution in [-0.2, 0) is 20.9 Å². The molecule has 3 amide bonds. The first-order valence-corrected chi connectivity index (χ1v) is 13.2. The van der Waals surface area contributed by atoms with Crippen molar-refractivity contribution in [2.45, 2.75) is 64.5 Å². The molecule has 5 aliphatic rings. The Hall–Kier alpha value is -2.66. The Labute approximate surface area is 211 Å². The van der Waals surface area contributed by atoms with E-state index in [1.54, 1.807) is 17.0 Å². The number of rotatable bonds is 5. The molecular formula is C29H31ClN2O3. The van der Waals surface area contributed by atoms with E-state index < -0.39 is 11.5 Å². The quantitative estimate of drug-likeness (QED) is 0.518. The van der Waals surface area contributed by atoms with Gasteiger partial charge in [0, 0.05) is 11.6 Å². The summed E-state index contributed by atoms with van der Waals surface area (Å²) < 4.78 is 0. The predicted molar refractivity (Wildman–Crippen MR) is 135 cm³/mol. The van der Waals surface area contributed by atoms with Gasteiger partial charge in [-0.1, -0.05) is 47.5 Å². The number of halogens is 1. The van der Waals surface area contributed by atoms with Crippen molar-refractivity contribution in [2.24, 2.45) is 23.2 Å². The minimum atomic E-state index is -0.805. The van der Waals surface area contributed by atoms with Crippen LogP contribution in [0.1, 0.15) is 56.1 Å². The molecule has 1 aliphatic heterocycles. The maximum atomic E-state index is 14.4. The zero-order valence-electron chi connectivity index (χ0n) is 20.1. The molecule has 1 heterocycles. The van der Waals surface area contributed by atoms with E-state index in [2.05, 4.69) is 0 Å². The minimum absolute atomic E-state index is 0.00919. The first kappa shape index (κ1) is 22.8. The van der Waals surface area contributed by atoms with Gasteiger partial charge in [0.05, 0.1) is 17.5 Å². The molecule has 0 N–H and O–H groups in total. The summed E-state index contributed by atoms with van der Waals surface area (Å²) in [5.74, 6) is 1.30. The number of carbonyl (C=O) groups is 3. The molecule has 2 aromatic carbocycles. The van der Waals surface area contributed by atoms with E-state index in [9.17, 15) is 14.4 Å². The summed E-state index contributed by atoms with van der Waals surface area (Å²) in [4.78, 5) is 44.3. The molecule has 0 spiro atoms. The van der Waals surface area contributed by atoms with Crippen molar-refractivity contribution in [3.8, 4) is 0 Å². The zero-order valence-corrected chi connectivity index (χ0v) is 20.8. The van der Waals surface area contributed by atoms with Crippen molar-refractivity contribution in [2.75, 3.05) is 4.90 Å². The highest BCUT2D eigenvalue weighted by Crippen LogP contribution is 2.60. The monoisotopic (exact) mass is 490 g/mol. The van der Waals surface area contributed by atoms with Gasteiger partial charge in [0.1, 0.15) is 6.04 Å². The smallest absolute Gasteiger partial charge is 0.257 e. The molecule has 1 unspecified atom stereocenters. The van der Waals surface area contributed by atoms with Gasteiger partial charge in [-0.05, 0) is 87.0 Å². The van der Waals surface area contributed by atoms with Gasteiger partial charge in [0.25, 0.3) is 5.91 Å². The van der Waals surface area contributed by atoms with Crippen LogP contribution in [0.25, 0.3) is 0 Å². The second kappa shape index (κ2) is 8.48. The van der Waals surface area contributed by atoms with Crippen molar-refractivity contribution in [3.63, 3.8) is 0 Å². The Morgan fingerprint density at radius 3 is 2.17 bits per heavy atom. The number of anilines is 1. The molecule has 35 heavy (non-hydrogen) atoms. The zero-order chi connectivity index (χ0) is 24.3. The van der Waals surface area contributed by atoms with Crippen LogP contribution in [-0.4, -0.2) is 28.7 Å². The molecule has 7 rings (SSSR count). The van der Waals surface area contributed by atoms with Crippen molar-refractivity contribution < 1.29 is 14.4 Å². The summed E-state index contributed by atoms with van der Waals surface area (Å²) in [6.07, 6.45) is 6.45. The lowest BCUT2D eigenvalue weighted by atomic mass is 9.49. The van der Waals surface area contributed by atoms with Gasteiger partial charge in [-0.25, -0.2) is 4.90 Å². The third-order valence-corrected chi connectivity index (χ3v) is 9.21. The molecule has 5 nitrogen and oxygen atoms in total. The molecule has 4 saturated carbocycles. The van der Waals surface area contributed by atoms with E-state index in [0.717, 1.165) is 30.4 Å². The molecule has 0 aromatic heterocycles. The van der Waals surface area contributed by atoms with Crippen molar-refractivity contribution in [3.05, 3.63) is 64.7 Å². The van der Waals surface area contributed by atoms with E-state index in [1.807, 2.05) is 43.3 Å². The summed E-state index contributed by atoms with van der Waals surface area (Å²) in [5.41, 5.74) is 2.02. The Bertz CT molecular complexity index is 1160. The summed E-state index contributed by atoms with van der Waals surface area (Å²) in [5, 5.41) is 0.572. The third kappa shape index (κ3) is 3.88. The van der Waals surface area contributed by atoms with Crippen molar-refractivity contribution in [1.82, 2.24) is 4.90 Å². The predicted octanol–water partition coefficient (Wildman–Crippen LogP) is 5.53. The van der Waals surface area contributed by atoms with Crippen LogP contribution in [0.5, 0.6) is 0 Å². The van der Waals surface area contributed by atoms with Gasteiger partial charge in [-0.3, -0.25) is 14.4 Å². The molecule has 1 saturated heterocycles. The second-order valence-electron chi connectivity index (χ2n) is 11.3. The Morgan fingerprint density at radius 2 is 1.57 bits per heavy atom. The highest BCUT2D eigenvalue weighted by Gasteiger charge is 2.57. The number of nitrogens with zero attached hydrogens (tertiary/aromatic N) is 2. The molecule has 6 heteroatoms. The average molecular weight is 491 g/mol. The number of imide groups is 1. The van der Waals surface area contributed by atoms with Gasteiger partial charge in [-0.15, -0.1) is 0 Å². The van der Waals surface area contributed by atoms with Crippen LogP contribution >= 0.6 is 11.6 Å². The standard InChI is InChI=1S/C29H31ClN2O3/c1-18-6-8-23(9-7-18)32-26(33)13-25(27(32)34)31(17-22-4-2-3-5-24(22)30)28(35)29-14-19-10-20(15-29)12-21(11-19)16-29/h2-9,19-21,25H,10-17H2,1H3. The first-order valence-electron chi connectivity index (χ1n) is 12.8. The summed E-state index contributed by atoms with van der Waals surface area (Å²) in [6.45, 7) is 2.21. The highest BCUT2D eigenvalue weighted by atomic mass is 35.5. The van der Waals surface area contributed by atoms with E-state index >= 15 is 0 Å². The van der Waals surface area contributed by atoms with Gasteiger partial charge in [0.15, 0.2) is 0 Å². The van der Waals surface area contributed by atoms with Crippen LogP contribution < -0.4 is 4.90 Å². The lowest BCUT2D eigenvalue weighted by molar-refractivity contribution is -0.162. The minimum Gasteiger partial charge on any atom is -0.325 e. The van der Waals surface area contributed by atoms with Crippen LogP contribution in [0.15, 0.2) is 48.5 Å². The number of amides is 3.